The first-order valence-corrected chi connectivity index (χ1v) is 7.86. The van der Waals surface area contributed by atoms with Gasteiger partial charge in [0.15, 0.2) is 5.96 Å². The molecular weight excluding hydrogens is 270 g/mol. The van der Waals surface area contributed by atoms with E-state index >= 15 is 0 Å². The summed E-state index contributed by atoms with van der Waals surface area (Å²) in [5.74, 6) is 0.867. The standard InChI is InChI=1S/C19H23N3/c1-20-18(21-14-16-8-4-2-5-9-16)22-15-19(12-13-19)17-10-6-3-7-11-17/h2-11H,12-15H2,1H3,(H2,20,21,22). The number of benzene rings is 2. The molecular formula is C19H23N3. The Balaban J connectivity index is 1.54. The van der Waals surface area contributed by atoms with Gasteiger partial charge >= 0.3 is 0 Å². The van der Waals surface area contributed by atoms with E-state index in [1.165, 1.54) is 24.0 Å². The molecule has 0 spiro atoms. The van der Waals surface area contributed by atoms with Gasteiger partial charge in [0.1, 0.15) is 0 Å². The van der Waals surface area contributed by atoms with Crippen LogP contribution in [0.5, 0.6) is 0 Å². The lowest BCUT2D eigenvalue weighted by molar-refractivity contribution is 0.645. The van der Waals surface area contributed by atoms with Crippen molar-refractivity contribution in [3.05, 3.63) is 71.8 Å². The molecule has 0 amide bonds. The third kappa shape index (κ3) is 3.48. The van der Waals surface area contributed by atoms with Crippen molar-refractivity contribution in [2.75, 3.05) is 13.6 Å². The van der Waals surface area contributed by atoms with E-state index in [4.69, 9.17) is 0 Å². The first-order valence-electron chi connectivity index (χ1n) is 7.86. The van der Waals surface area contributed by atoms with Crippen molar-refractivity contribution in [3.8, 4) is 0 Å². The number of aliphatic imine (C=N–C) groups is 1. The van der Waals surface area contributed by atoms with Crippen LogP contribution in [0.3, 0.4) is 0 Å². The molecule has 1 saturated carbocycles. The fourth-order valence-electron chi connectivity index (χ4n) is 2.77. The quantitative estimate of drug-likeness (QED) is 0.656. The van der Waals surface area contributed by atoms with Crippen LogP contribution in [0.1, 0.15) is 24.0 Å². The van der Waals surface area contributed by atoms with Crippen molar-refractivity contribution < 1.29 is 0 Å². The van der Waals surface area contributed by atoms with Crippen molar-refractivity contribution >= 4 is 5.96 Å². The third-order valence-corrected chi connectivity index (χ3v) is 4.36. The van der Waals surface area contributed by atoms with Gasteiger partial charge in [0, 0.05) is 25.6 Å². The van der Waals surface area contributed by atoms with E-state index in [1.54, 1.807) is 0 Å². The molecule has 22 heavy (non-hydrogen) atoms. The average molecular weight is 293 g/mol. The number of rotatable bonds is 5. The van der Waals surface area contributed by atoms with Gasteiger partial charge in [-0.3, -0.25) is 4.99 Å². The lowest BCUT2D eigenvalue weighted by Gasteiger charge is -2.19. The van der Waals surface area contributed by atoms with Crippen LogP contribution in [0.25, 0.3) is 0 Å². The van der Waals surface area contributed by atoms with Crippen LogP contribution in [0.2, 0.25) is 0 Å². The lowest BCUT2D eigenvalue weighted by Crippen LogP contribution is -2.40. The minimum Gasteiger partial charge on any atom is -0.356 e. The van der Waals surface area contributed by atoms with Crippen molar-refractivity contribution in [3.63, 3.8) is 0 Å². The molecule has 1 aliphatic carbocycles. The molecule has 3 nitrogen and oxygen atoms in total. The Bertz CT molecular complexity index is 616. The fourth-order valence-corrected chi connectivity index (χ4v) is 2.77. The summed E-state index contributed by atoms with van der Waals surface area (Å²) < 4.78 is 0. The maximum atomic E-state index is 4.32. The summed E-state index contributed by atoms with van der Waals surface area (Å²) in [7, 11) is 1.82. The normalized spacial score (nSPS) is 16.1. The molecule has 0 bridgehead atoms. The van der Waals surface area contributed by atoms with E-state index in [0.29, 0.717) is 5.41 Å². The number of nitrogens with one attached hydrogen (secondary N) is 2. The molecule has 0 heterocycles. The molecule has 0 unspecified atom stereocenters. The zero-order valence-corrected chi connectivity index (χ0v) is 13.0. The Hall–Kier alpha value is -2.29. The van der Waals surface area contributed by atoms with Gasteiger partial charge in [0.2, 0.25) is 0 Å². The fraction of sp³-hybridized carbons (Fsp3) is 0.316. The summed E-state index contributed by atoms with van der Waals surface area (Å²) in [6.07, 6.45) is 2.50. The second-order valence-electron chi connectivity index (χ2n) is 5.91. The van der Waals surface area contributed by atoms with Gasteiger partial charge in [-0.05, 0) is 24.0 Å². The second-order valence-corrected chi connectivity index (χ2v) is 5.91. The highest BCUT2D eigenvalue weighted by Crippen LogP contribution is 2.47. The third-order valence-electron chi connectivity index (χ3n) is 4.36. The smallest absolute Gasteiger partial charge is 0.191 e. The van der Waals surface area contributed by atoms with E-state index in [-0.39, 0.29) is 0 Å². The van der Waals surface area contributed by atoms with E-state index in [2.05, 4.69) is 70.2 Å². The average Bonchev–Trinajstić information content (AvgIpc) is 3.38. The summed E-state index contributed by atoms with van der Waals surface area (Å²) in [5.41, 5.74) is 2.99. The van der Waals surface area contributed by atoms with Crippen LogP contribution in [-0.4, -0.2) is 19.6 Å². The monoisotopic (exact) mass is 293 g/mol. The highest BCUT2D eigenvalue weighted by Gasteiger charge is 2.43. The minimum absolute atomic E-state index is 0.297. The molecule has 1 fully saturated rings. The Morgan fingerprint density at radius 1 is 0.955 bits per heavy atom. The van der Waals surface area contributed by atoms with Gasteiger partial charge in [-0.15, -0.1) is 0 Å². The van der Waals surface area contributed by atoms with E-state index in [9.17, 15) is 0 Å². The van der Waals surface area contributed by atoms with Crippen LogP contribution < -0.4 is 10.6 Å². The summed E-state index contributed by atoms with van der Waals surface area (Å²) in [5, 5.41) is 6.86. The molecule has 1 aliphatic rings. The molecule has 0 atom stereocenters. The molecule has 3 rings (SSSR count). The molecule has 0 saturated heterocycles. The SMILES string of the molecule is CN=C(NCc1ccccc1)NCC1(c2ccccc2)CC1. The lowest BCUT2D eigenvalue weighted by atomic mass is 9.96. The summed E-state index contributed by atoms with van der Waals surface area (Å²) in [4.78, 5) is 4.32. The molecule has 0 radical (unpaired) electrons. The first kappa shape index (κ1) is 14.6. The van der Waals surface area contributed by atoms with Crippen LogP contribution in [0, 0.1) is 0 Å². The van der Waals surface area contributed by atoms with Gasteiger partial charge in [-0.25, -0.2) is 0 Å². The van der Waals surface area contributed by atoms with Crippen molar-refractivity contribution in [1.29, 1.82) is 0 Å². The predicted molar refractivity (Wildman–Crippen MR) is 92.0 cm³/mol. The molecule has 0 aliphatic heterocycles. The van der Waals surface area contributed by atoms with Crippen LogP contribution in [-0.2, 0) is 12.0 Å². The number of hydrogen-bond donors (Lipinski definition) is 2. The number of hydrogen-bond acceptors (Lipinski definition) is 1. The second kappa shape index (κ2) is 6.65. The molecule has 0 aromatic heterocycles. The zero-order valence-electron chi connectivity index (χ0n) is 13.0. The highest BCUT2D eigenvalue weighted by atomic mass is 15.2. The number of guanidine groups is 1. The predicted octanol–water partition coefficient (Wildman–Crippen LogP) is 3.08. The van der Waals surface area contributed by atoms with Crippen LogP contribution in [0.4, 0.5) is 0 Å². The summed E-state index contributed by atoms with van der Waals surface area (Å²) in [6.45, 7) is 1.73. The highest BCUT2D eigenvalue weighted by molar-refractivity contribution is 5.79. The first-order chi connectivity index (χ1) is 10.8. The van der Waals surface area contributed by atoms with Crippen molar-refractivity contribution in [2.45, 2.75) is 24.8 Å². The van der Waals surface area contributed by atoms with Gasteiger partial charge in [0.25, 0.3) is 0 Å². The topological polar surface area (TPSA) is 36.4 Å². The van der Waals surface area contributed by atoms with Crippen LogP contribution in [0.15, 0.2) is 65.7 Å². The summed E-state index contributed by atoms with van der Waals surface area (Å²) in [6, 6.07) is 21.2. The Morgan fingerprint density at radius 3 is 2.18 bits per heavy atom. The Kier molecular flexibility index (Phi) is 4.42. The molecule has 2 N–H and O–H groups in total. The Labute approximate surface area is 132 Å². The van der Waals surface area contributed by atoms with Gasteiger partial charge in [0.05, 0.1) is 0 Å². The molecule has 114 valence electrons. The molecule has 2 aromatic carbocycles. The zero-order chi connectivity index (χ0) is 15.3. The van der Waals surface area contributed by atoms with Gasteiger partial charge in [-0.1, -0.05) is 60.7 Å². The van der Waals surface area contributed by atoms with Crippen LogP contribution >= 0.6 is 0 Å². The minimum atomic E-state index is 0.297. The Morgan fingerprint density at radius 2 is 1.59 bits per heavy atom. The molecule has 3 heteroatoms. The van der Waals surface area contributed by atoms with Crippen molar-refractivity contribution in [2.24, 2.45) is 4.99 Å². The van der Waals surface area contributed by atoms with Crippen molar-refractivity contribution in [1.82, 2.24) is 10.6 Å². The van der Waals surface area contributed by atoms with Gasteiger partial charge in [-0.2, -0.15) is 0 Å². The van der Waals surface area contributed by atoms with Gasteiger partial charge < -0.3 is 10.6 Å². The maximum Gasteiger partial charge on any atom is 0.191 e. The maximum absolute atomic E-state index is 4.32. The van der Waals surface area contributed by atoms with E-state index in [1.807, 2.05) is 13.1 Å². The largest absolute Gasteiger partial charge is 0.356 e. The summed E-state index contributed by atoms with van der Waals surface area (Å²) >= 11 is 0. The van der Waals surface area contributed by atoms with E-state index in [0.717, 1.165) is 19.0 Å². The molecule has 2 aromatic rings. The number of nitrogens with zero attached hydrogens (tertiary/aromatic N) is 1. The van der Waals surface area contributed by atoms with E-state index < -0.39 is 0 Å².